The fourth-order valence-electron chi connectivity index (χ4n) is 2.66. The average Bonchev–Trinajstić information content (AvgIpc) is 2.94. The van der Waals surface area contributed by atoms with Crippen LogP contribution >= 0.6 is 35.0 Å². The summed E-state index contributed by atoms with van der Waals surface area (Å²) in [5.74, 6) is -1.11. The molecule has 2 amide bonds. The second-order valence-electron chi connectivity index (χ2n) is 5.74. The lowest BCUT2D eigenvalue weighted by Crippen LogP contribution is -2.31. The second-order valence-corrected chi connectivity index (χ2v) is 7.81. The summed E-state index contributed by atoms with van der Waals surface area (Å²) in [6.45, 7) is 0. The molecule has 0 radical (unpaired) electrons. The van der Waals surface area contributed by atoms with Gasteiger partial charge in [0.2, 0.25) is 5.91 Å². The van der Waals surface area contributed by atoms with E-state index in [9.17, 15) is 14.9 Å². The van der Waals surface area contributed by atoms with Crippen LogP contribution in [0.25, 0.3) is 0 Å². The van der Waals surface area contributed by atoms with Crippen LogP contribution < -0.4 is 10.6 Å². The maximum absolute atomic E-state index is 13.1. The number of halogens is 2. The summed E-state index contributed by atoms with van der Waals surface area (Å²) in [6, 6.07) is 15.6. The number of amides is 2. The van der Waals surface area contributed by atoms with Gasteiger partial charge in [0, 0.05) is 15.7 Å². The zero-order valence-electron chi connectivity index (χ0n) is 13.9. The molecule has 2 aromatic rings. The minimum atomic E-state index is -0.876. The SMILES string of the molecule is N#C/C(C(N)=O)=C1\S[C@@H](Cc2ccc(Cl)cc2)C(=O)N1c1ccc(Cl)cc1. The number of primary amides is 1. The van der Waals surface area contributed by atoms with E-state index in [2.05, 4.69) is 0 Å². The largest absolute Gasteiger partial charge is 0.365 e. The molecule has 3 rings (SSSR count). The van der Waals surface area contributed by atoms with Crippen LogP contribution in [0.15, 0.2) is 59.1 Å². The van der Waals surface area contributed by atoms with Crippen molar-refractivity contribution in [2.45, 2.75) is 11.7 Å². The molecule has 5 nitrogen and oxygen atoms in total. The highest BCUT2D eigenvalue weighted by Gasteiger charge is 2.40. The van der Waals surface area contributed by atoms with E-state index in [0.29, 0.717) is 22.2 Å². The first kappa shape index (κ1) is 19.3. The van der Waals surface area contributed by atoms with E-state index in [1.165, 1.54) is 4.90 Å². The second kappa shape index (κ2) is 8.05. The van der Waals surface area contributed by atoms with Crippen molar-refractivity contribution in [3.05, 3.63) is 74.7 Å². The summed E-state index contributed by atoms with van der Waals surface area (Å²) in [6.07, 6.45) is 0.422. The van der Waals surface area contributed by atoms with Gasteiger partial charge in [-0.1, -0.05) is 47.1 Å². The summed E-state index contributed by atoms with van der Waals surface area (Å²) in [4.78, 5) is 26.1. The van der Waals surface area contributed by atoms with E-state index < -0.39 is 11.2 Å². The van der Waals surface area contributed by atoms with Gasteiger partial charge in [-0.05, 0) is 48.4 Å². The molecule has 1 atom stereocenters. The summed E-state index contributed by atoms with van der Waals surface area (Å²) < 4.78 is 0. The van der Waals surface area contributed by atoms with Gasteiger partial charge in [0.25, 0.3) is 5.91 Å². The van der Waals surface area contributed by atoms with Gasteiger partial charge in [-0.25, -0.2) is 0 Å². The summed E-state index contributed by atoms with van der Waals surface area (Å²) in [5.41, 5.74) is 6.53. The molecule has 2 N–H and O–H groups in total. The Kier molecular flexibility index (Phi) is 5.76. The summed E-state index contributed by atoms with van der Waals surface area (Å²) >= 11 is 13.0. The number of thioether (sulfide) groups is 1. The van der Waals surface area contributed by atoms with Crippen molar-refractivity contribution < 1.29 is 9.59 Å². The number of rotatable bonds is 4. The number of anilines is 1. The Balaban J connectivity index is 2.01. The molecule has 1 heterocycles. The van der Waals surface area contributed by atoms with Crippen molar-refractivity contribution in [2.75, 3.05) is 4.90 Å². The minimum absolute atomic E-state index is 0.233. The number of nitrogens with zero attached hydrogens (tertiary/aromatic N) is 2. The van der Waals surface area contributed by atoms with E-state index in [0.717, 1.165) is 17.3 Å². The predicted molar refractivity (Wildman–Crippen MR) is 107 cm³/mol. The third-order valence-electron chi connectivity index (χ3n) is 3.94. The highest BCUT2D eigenvalue weighted by atomic mass is 35.5. The van der Waals surface area contributed by atoms with Crippen LogP contribution in [0.3, 0.4) is 0 Å². The molecule has 0 spiro atoms. The van der Waals surface area contributed by atoms with Crippen LogP contribution in [0.1, 0.15) is 5.56 Å². The molecule has 0 saturated carbocycles. The highest BCUT2D eigenvalue weighted by molar-refractivity contribution is 8.05. The zero-order valence-corrected chi connectivity index (χ0v) is 16.2. The summed E-state index contributed by atoms with van der Waals surface area (Å²) in [5, 5.41) is 10.2. The summed E-state index contributed by atoms with van der Waals surface area (Å²) in [7, 11) is 0. The molecule has 27 heavy (non-hydrogen) atoms. The third kappa shape index (κ3) is 4.11. The Hall–Kier alpha value is -2.46. The quantitative estimate of drug-likeness (QED) is 0.603. The van der Waals surface area contributed by atoms with E-state index in [-0.39, 0.29) is 16.5 Å². The first-order chi connectivity index (χ1) is 12.9. The minimum Gasteiger partial charge on any atom is -0.365 e. The van der Waals surface area contributed by atoms with Crippen LogP contribution in [0.5, 0.6) is 0 Å². The van der Waals surface area contributed by atoms with E-state index in [1.54, 1.807) is 36.4 Å². The van der Waals surface area contributed by atoms with Crippen LogP contribution in [-0.2, 0) is 16.0 Å². The van der Waals surface area contributed by atoms with Gasteiger partial charge in [0.05, 0.1) is 5.25 Å². The molecular weight excluding hydrogens is 405 g/mol. The van der Waals surface area contributed by atoms with Crippen molar-refractivity contribution in [3.8, 4) is 6.07 Å². The average molecular weight is 418 g/mol. The maximum atomic E-state index is 13.1. The van der Waals surface area contributed by atoms with Gasteiger partial charge in [0.15, 0.2) is 0 Å². The van der Waals surface area contributed by atoms with E-state index in [4.69, 9.17) is 28.9 Å². The standard InChI is InChI=1S/C19H13Cl2N3O2S/c20-12-3-1-11(2-4-12)9-16-18(26)24(14-7-5-13(21)6-8-14)19(27-16)15(10-22)17(23)25/h1-8,16H,9H2,(H2,23,25)/b19-15+/t16-/m0/s1. The molecule has 0 aliphatic carbocycles. The van der Waals surface area contributed by atoms with Crippen LogP contribution in [0.2, 0.25) is 10.0 Å². The molecule has 0 unspecified atom stereocenters. The van der Waals surface area contributed by atoms with Crippen LogP contribution in [0.4, 0.5) is 5.69 Å². The van der Waals surface area contributed by atoms with Gasteiger partial charge in [0.1, 0.15) is 16.7 Å². The van der Waals surface area contributed by atoms with Crippen LogP contribution in [0, 0.1) is 11.3 Å². The molecular formula is C19H13Cl2N3O2S. The Bertz CT molecular complexity index is 966. The Morgan fingerprint density at radius 3 is 2.19 bits per heavy atom. The van der Waals surface area contributed by atoms with Crippen molar-refractivity contribution in [3.63, 3.8) is 0 Å². The number of benzene rings is 2. The predicted octanol–water partition coefficient (Wildman–Crippen LogP) is 3.90. The number of nitrogens with two attached hydrogens (primary N) is 1. The van der Waals surface area contributed by atoms with Crippen molar-refractivity contribution in [1.29, 1.82) is 5.26 Å². The first-order valence-electron chi connectivity index (χ1n) is 7.85. The topological polar surface area (TPSA) is 87.2 Å². The number of hydrogen-bond donors (Lipinski definition) is 1. The monoisotopic (exact) mass is 417 g/mol. The Morgan fingerprint density at radius 2 is 1.67 bits per heavy atom. The maximum Gasteiger partial charge on any atom is 0.262 e. The van der Waals surface area contributed by atoms with Crippen molar-refractivity contribution in [1.82, 2.24) is 0 Å². The fourth-order valence-corrected chi connectivity index (χ4v) is 4.23. The van der Waals surface area contributed by atoms with E-state index >= 15 is 0 Å². The van der Waals surface area contributed by atoms with E-state index in [1.807, 2.05) is 18.2 Å². The molecule has 136 valence electrons. The van der Waals surface area contributed by atoms with Crippen molar-refractivity contribution in [2.24, 2.45) is 5.73 Å². The smallest absolute Gasteiger partial charge is 0.262 e. The van der Waals surface area contributed by atoms with Gasteiger partial charge in [-0.15, -0.1) is 0 Å². The number of carbonyl (C=O) groups is 2. The Labute approximate surface area is 170 Å². The first-order valence-corrected chi connectivity index (χ1v) is 9.49. The highest BCUT2D eigenvalue weighted by Crippen LogP contribution is 2.42. The third-order valence-corrected chi connectivity index (χ3v) is 5.71. The molecule has 0 bridgehead atoms. The van der Waals surface area contributed by atoms with Crippen LogP contribution in [-0.4, -0.2) is 17.1 Å². The lowest BCUT2D eigenvalue weighted by molar-refractivity contribution is -0.117. The number of nitriles is 1. The Morgan fingerprint density at radius 1 is 1.11 bits per heavy atom. The fraction of sp³-hybridized carbons (Fsp3) is 0.105. The zero-order chi connectivity index (χ0) is 19.6. The molecule has 1 fully saturated rings. The van der Waals surface area contributed by atoms with Gasteiger partial charge >= 0.3 is 0 Å². The van der Waals surface area contributed by atoms with Gasteiger partial charge in [-0.2, -0.15) is 5.26 Å². The molecule has 1 aliphatic heterocycles. The van der Waals surface area contributed by atoms with Gasteiger partial charge in [-0.3, -0.25) is 14.5 Å². The normalized spacial score (nSPS) is 18.3. The molecule has 1 aliphatic rings. The molecule has 2 aromatic carbocycles. The lowest BCUT2D eigenvalue weighted by atomic mass is 10.1. The molecule has 8 heteroatoms. The molecule has 1 saturated heterocycles. The molecule has 0 aromatic heterocycles. The number of hydrogen-bond acceptors (Lipinski definition) is 4. The van der Waals surface area contributed by atoms with Gasteiger partial charge < -0.3 is 5.73 Å². The van der Waals surface area contributed by atoms with Crippen molar-refractivity contribution >= 4 is 52.5 Å². The number of carbonyl (C=O) groups excluding carboxylic acids is 2. The lowest BCUT2D eigenvalue weighted by Gasteiger charge is -2.18.